The molecule has 1 aliphatic rings. The summed E-state index contributed by atoms with van der Waals surface area (Å²) in [5, 5.41) is 9.69. The summed E-state index contributed by atoms with van der Waals surface area (Å²) in [5.74, 6) is 0.858. The van der Waals surface area contributed by atoms with Crippen LogP contribution in [0.2, 0.25) is 0 Å². The van der Waals surface area contributed by atoms with E-state index in [9.17, 15) is 5.11 Å². The van der Waals surface area contributed by atoms with Crippen LogP contribution in [0.4, 0.5) is 0 Å². The molecule has 15 heavy (non-hydrogen) atoms. The summed E-state index contributed by atoms with van der Waals surface area (Å²) >= 11 is 0. The Balaban J connectivity index is 2.10. The van der Waals surface area contributed by atoms with Gasteiger partial charge in [-0.15, -0.1) is 0 Å². The highest BCUT2D eigenvalue weighted by Gasteiger charge is 2.21. The highest BCUT2D eigenvalue weighted by molar-refractivity contribution is 4.74. The van der Waals surface area contributed by atoms with Gasteiger partial charge in [-0.1, -0.05) is 6.92 Å². The van der Waals surface area contributed by atoms with E-state index in [-0.39, 0.29) is 0 Å². The van der Waals surface area contributed by atoms with E-state index < -0.39 is 5.60 Å². The molecule has 0 spiro atoms. The van der Waals surface area contributed by atoms with Crippen LogP contribution in [0.15, 0.2) is 0 Å². The van der Waals surface area contributed by atoms with Crippen molar-refractivity contribution < 1.29 is 9.84 Å². The lowest BCUT2D eigenvalue weighted by molar-refractivity contribution is -0.0215. The van der Waals surface area contributed by atoms with Gasteiger partial charge in [0.1, 0.15) is 0 Å². The van der Waals surface area contributed by atoms with Crippen LogP contribution in [0.1, 0.15) is 46.0 Å². The zero-order valence-electron chi connectivity index (χ0n) is 10.0. The Morgan fingerprint density at radius 1 is 1.33 bits per heavy atom. The molecule has 3 heteroatoms. The molecule has 0 aromatic rings. The predicted molar refractivity (Wildman–Crippen MR) is 61.7 cm³/mol. The van der Waals surface area contributed by atoms with E-state index in [0.29, 0.717) is 25.7 Å². The second kappa shape index (κ2) is 5.83. The zero-order chi connectivity index (χ0) is 11.3. The third-order valence-electron chi connectivity index (χ3n) is 3.40. The van der Waals surface area contributed by atoms with Gasteiger partial charge in [0.15, 0.2) is 0 Å². The summed E-state index contributed by atoms with van der Waals surface area (Å²) in [6, 6.07) is 0. The maximum atomic E-state index is 9.69. The largest absolute Gasteiger partial charge is 0.389 e. The molecule has 90 valence electrons. The highest BCUT2D eigenvalue weighted by Crippen LogP contribution is 2.25. The normalized spacial score (nSPS) is 31.2. The first-order chi connectivity index (χ1) is 7.03. The molecule has 1 rings (SSSR count). The fraction of sp³-hybridized carbons (Fsp3) is 1.00. The van der Waals surface area contributed by atoms with Gasteiger partial charge >= 0.3 is 0 Å². The Morgan fingerprint density at radius 3 is 2.47 bits per heavy atom. The SMILES string of the molecule is CC1CCC(OCCC(C)(O)CN)CC1. The molecule has 0 bridgehead atoms. The Kier molecular flexibility index (Phi) is 5.03. The standard InChI is InChI=1S/C12H25NO2/c1-10-3-5-11(6-4-10)15-8-7-12(2,14)9-13/h10-11,14H,3-9,13H2,1-2H3. The molecule has 0 saturated heterocycles. The van der Waals surface area contributed by atoms with Crippen molar-refractivity contribution in [1.29, 1.82) is 0 Å². The molecule has 1 unspecified atom stereocenters. The van der Waals surface area contributed by atoms with Gasteiger partial charge in [0, 0.05) is 19.6 Å². The first-order valence-electron chi connectivity index (χ1n) is 6.07. The van der Waals surface area contributed by atoms with Crippen LogP contribution in [-0.4, -0.2) is 30.0 Å². The minimum Gasteiger partial charge on any atom is -0.389 e. The maximum absolute atomic E-state index is 9.69. The van der Waals surface area contributed by atoms with Crippen LogP contribution >= 0.6 is 0 Å². The summed E-state index contributed by atoms with van der Waals surface area (Å²) in [4.78, 5) is 0. The van der Waals surface area contributed by atoms with Gasteiger partial charge in [-0.25, -0.2) is 0 Å². The van der Waals surface area contributed by atoms with Crippen molar-refractivity contribution in [3.05, 3.63) is 0 Å². The van der Waals surface area contributed by atoms with Crippen LogP contribution in [0.5, 0.6) is 0 Å². The van der Waals surface area contributed by atoms with E-state index in [1.165, 1.54) is 25.7 Å². The van der Waals surface area contributed by atoms with E-state index in [2.05, 4.69) is 6.92 Å². The number of rotatable bonds is 5. The summed E-state index contributed by atoms with van der Waals surface area (Å²) in [6.45, 7) is 5.00. The third kappa shape index (κ3) is 4.96. The van der Waals surface area contributed by atoms with E-state index in [1.807, 2.05) is 0 Å². The first kappa shape index (κ1) is 12.9. The number of nitrogens with two attached hydrogens (primary N) is 1. The Morgan fingerprint density at radius 2 is 1.93 bits per heavy atom. The van der Waals surface area contributed by atoms with E-state index in [1.54, 1.807) is 6.92 Å². The molecule has 0 aromatic heterocycles. The highest BCUT2D eigenvalue weighted by atomic mass is 16.5. The molecular weight excluding hydrogens is 190 g/mol. The van der Waals surface area contributed by atoms with Crippen molar-refractivity contribution in [2.24, 2.45) is 11.7 Å². The molecule has 1 fully saturated rings. The molecule has 0 heterocycles. The molecule has 0 amide bonds. The van der Waals surface area contributed by atoms with Crippen molar-refractivity contribution in [2.45, 2.75) is 57.7 Å². The van der Waals surface area contributed by atoms with Gasteiger partial charge in [0.05, 0.1) is 11.7 Å². The average Bonchev–Trinajstić information content (AvgIpc) is 2.21. The second-order valence-electron chi connectivity index (χ2n) is 5.20. The van der Waals surface area contributed by atoms with Gasteiger partial charge in [-0.2, -0.15) is 0 Å². The van der Waals surface area contributed by atoms with Crippen molar-refractivity contribution >= 4 is 0 Å². The minimum atomic E-state index is -0.762. The van der Waals surface area contributed by atoms with Gasteiger partial charge in [-0.05, 0) is 38.5 Å². The fourth-order valence-electron chi connectivity index (χ4n) is 1.94. The van der Waals surface area contributed by atoms with Crippen molar-refractivity contribution in [3.8, 4) is 0 Å². The van der Waals surface area contributed by atoms with Gasteiger partial charge in [0.2, 0.25) is 0 Å². The number of hydrogen-bond donors (Lipinski definition) is 2. The van der Waals surface area contributed by atoms with Crippen molar-refractivity contribution in [3.63, 3.8) is 0 Å². The molecule has 1 atom stereocenters. The molecule has 0 radical (unpaired) electrons. The topological polar surface area (TPSA) is 55.5 Å². The van der Waals surface area contributed by atoms with Crippen LogP contribution < -0.4 is 5.73 Å². The fourth-order valence-corrected chi connectivity index (χ4v) is 1.94. The number of hydrogen-bond acceptors (Lipinski definition) is 3. The lowest BCUT2D eigenvalue weighted by Crippen LogP contribution is -2.36. The quantitative estimate of drug-likeness (QED) is 0.733. The van der Waals surface area contributed by atoms with Crippen molar-refractivity contribution in [1.82, 2.24) is 0 Å². The molecule has 3 N–H and O–H groups in total. The summed E-state index contributed by atoms with van der Waals surface area (Å²) in [6.07, 6.45) is 5.94. The number of ether oxygens (including phenoxy) is 1. The zero-order valence-corrected chi connectivity index (χ0v) is 10.0. The summed E-state index contributed by atoms with van der Waals surface area (Å²) in [5.41, 5.74) is 4.68. The molecular formula is C12H25NO2. The van der Waals surface area contributed by atoms with Crippen molar-refractivity contribution in [2.75, 3.05) is 13.2 Å². The van der Waals surface area contributed by atoms with Gasteiger partial charge in [-0.3, -0.25) is 0 Å². The van der Waals surface area contributed by atoms with E-state index in [0.717, 1.165) is 5.92 Å². The first-order valence-corrected chi connectivity index (χ1v) is 6.07. The van der Waals surface area contributed by atoms with Crippen LogP contribution in [-0.2, 0) is 4.74 Å². The monoisotopic (exact) mass is 215 g/mol. The lowest BCUT2D eigenvalue weighted by atomic mass is 9.89. The van der Waals surface area contributed by atoms with E-state index in [4.69, 9.17) is 10.5 Å². The van der Waals surface area contributed by atoms with E-state index >= 15 is 0 Å². The molecule has 3 nitrogen and oxygen atoms in total. The lowest BCUT2D eigenvalue weighted by Gasteiger charge is -2.28. The summed E-state index contributed by atoms with van der Waals surface area (Å²) in [7, 11) is 0. The average molecular weight is 215 g/mol. The number of aliphatic hydroxyl groups is 1. The van der Waals surface area contributed by atoms with Crippen LogP contribution in [0.25, 0.3) is 0 Å². The molecule has 0 aromatic carbocycles. The Hall–Kier alpha value is -0.120. The van der Waals surface area contributed by atoms with Gasteiger partial charge < -0.3 is 15.6 Å². The Bertz CT molecular complexity index is 174. The molecule has 1 saturated carbocycles. The van der Waals surface area contributed by atoms with Crippen LogP contribution in [0.3, 0.4) is 0 Å². The predicted octanol–water partition coefficient (Wildman–Crippen LogP) is 1.68. The van der Waals surface area contributed by atoms with Crippen LogP contribution in [0, 0.1) is 5.92 Å². The molecule has 1 aliphatic carbocycles. The smallest absolute Gasteiger partial charge is 0.0763 e. The third-order valence-corrected chi connectivity index (χ3v) is 3.40. The second-order valence-corrected chi connectivity index (χ2v) is 5.20. The maximum Gasteiger partial charge on any atom is 0.0763 e. The van der Waals surface area contributed by atoms with Gasteiger partial charge in [0.25, 0.3) is 0 Å². The summed E-state index contributed by atoms with van der Waals surface area (Å²) < 4.78 is 5.75. The Labute approximate surface area is 93.0 Å². The molecule has 0 aliphatic heterocycles. The minimum absolute atomic E-state index is 0.304.